The molecule has 1 aliphatic heterocycles. The van der Waals surface area contributed by atoms with Crippen molar-refractivity contribution in [1.29, 1.82) is 0 Å². The van der Waals surface area contributed by atoms with Gasteiger partial charge in [0.1, 0.15) is 0 Å². The van der Waals surface area contributed by atoms with Crippen molar-refractivity contribution in [3.8, 4) is 0 Å². The molecular formula is C10H20N2O2. The third kappa shape index (κ3) is 2.69. The van der Waals surface area contributed by atoms with E-state index in [-0.39, 0.29) is 24.5 Å². The minimum atomic E-state index is -0.239. The minimum Gasteiger partial charge on any atom is -0.393 e. The molecule has 0 aromatic rings. The predicted octanol–water partition coefficient (Wildman–Crippen LogP) is -0.0454. The van der Waals surface area contributed by atoms with Crippen molar-refractivity contribution in [2.45, 2.75) is 32.3 Å². The van der Waals surface area contributed by atoms with Gasteiger partial charge in [-0.05, 0) is 12.8 Å². The van der Waals surface area contributed by atoms with Crippen LogP contribution in [0.15, 0.2) is 0 Å². The van der Waals surface area contributed by atoms with Gasteiger partial charge < -0.3 is 15.7 Å². The molecule has 14 heavy (non-hydrogen) atoms. The zero-order chi connectivity index (χ0) is 10.6. The summed E-state index contributed by atoms with van der Waals surface area (Å²) in [7, 11) is 0. The van der Waals surface area contributed by atoms with Gasteiger partial charge in [0, 0.05) is 19.0 Å². The number of nitrogens with two attached hydrogens (primary N) is 1. The summed E-state index contributed by atoms with van der Waals surface area (Å²) in [6.45, 7) is 3.49. The van der Waals surface area contributed by atoms with Crippen molar-refractivity contribution >= 4 is 5.91 Å². The smallest absolute Gasteiger partial charge is 0.236 e. The van der Waals surface area contributed by atoms with E-state index in [1.165, 1.54) is 0 Å². The summed E-state index contributed by atoms with van der Waals surface area (Å²) in [4.78, 5) is 13.1. The molecule has 0 saturated carbocycles. The summed E-state index contributed by atoms with van der Waals surface area (Å²) in [5.41, 5.74) is 5.30. The van der Waals surface area contributed by atoms with Crippen LogP contribution in [0.25, 0.3) is 0 Å². The van der Waals surface area contributed by atoms with E-state index in [4.69, 9.17) is 5.73 Å². The maximum absolute atomic E-state index is 11.3. The van der Waals surface area contributed by atoms with Crippen LogP contribution >= 0.6 is 0 Å². The monoisotopic (exact) mass is 200 g/mol. The van der Waals surface area contributed by atoms with Crippen molar-refractivity contribution in [3.05, 3.63) is 0 Å². The molecule has 1 rings (SSSR count). The molecule has 1 aliphatic rings. The molecule has 0 spiro atoms. The SMILES string of the molecule is CCC[C@@H]1CN(C(=O)CN)CC[C@@H]1O. The molecule has 4 heteroatoms. The predicted molar refractivity (Wildman–Crippen MR) is 54.7 cm³/mol. The number of piperidine rings is 1. The quantitative estimate of drug-likeness (QED) is 0.671. The van der Waals surface area contributed by atoms with E-state index < -0.39 is 0 Å². The fourth-order valence-corrected chi connectivity index (χ4v) is 2.03. The highest BCUT2D eigenvalue weighted by molar-refractivity contribution is 5.78. The molecule has 3 N–H and O–H groups in total. The number of aliphatic hydroxyl groups excluding tert-OH is 1. The maximum Gasteiger partial charge on any atom is 0.236 e. The molecular weight excluding hydrogens is 180 g/mol. The van der Waals surface area contributed by atoms with Gasteiger partial charge in [-0.2, -0.15) is 0 Å². The first-order valence-corrected chi connectivity index (χ1v) is 5.35. The molecule has 0 aliphatic carbocycles. The van der Waals surface area contributed by atoms with Crippen molar-refractivity contribution in [3.63, 3.8) is 0 Å². The topological polar surface area (TPSA) is 66.6 Å². The number of rotatable bonds is 3. The Balaban J connectivity index is 2.48. The van der Waals surface area contributed by atoms with E-state index in [1.807, 2.05) is 0 Å². The number of amides is 1. The molecule has 1 saturated heterocycles. The summed E-state index contributed by atoms with van der Waals surface area (Å²) in [6.07, 6.45) is 2.48. The van der Waals surface area contributed by atoms with Crippen molar-refractivity contribution < 1.29 is 9.90 Å². The lowest BCUT2D eigenvalue weighted by molar-refractivity contribution is -0.133. The first-order valence-electron chi connectivity index (χ1n) is 5.35. The van der Waals surface area contributed by atoms with Gasteiger partial charge in [-0.15, -0.1) is 0 Å². The molecule has 1 amide bonds. The lowest BCUT2D eigenvalue weighted by Crippen LogP contribution is -2.47. The zero-order valence-corrected chi connectivity index (χ0v) is 8.78. The van der Waals surface area contributed by atoms with Gasteiger partial charge >= 0.3 is 0 Å². The Kier molecular flexibility index (Phi) is 4.35. The van der Waals surface area contributed by atoms with E-state index in [2.05, 4.69) is 6.92 Å². The van der Waals surface area contributed by atoms with E-state index in [0.717, 1.165) is 12.8 Å². The number of carbonyl (C=O) groups is 1. The Hall–Kier alpha value is -0.610. The van der Waals surface area contributed by atoms with Crippen LogP contribution in [0, 0.1) is 5.92 Å². The van der Waals surface area contributed by atoms with Gasteiger partial charge in [0.2, 0.25) is 5.91 Å². The average molecular weight is 200 g/mol. The van der Waals surface area contributed by atoms with E-state index in [0.29, 0.717) is 19.5 Å². The van der Waals surface area contributed by atoms with Gasteiger partial charge in [-0.3, -0.25) is 4.79 Å². The lowest BCUT2D eigenvalue weighted by atomic mass is 9.91. The number of aliphatic hydroxyl groups is 1. The number of likely N-dealkylation sites (tertiary alicyclic amines) is 1. The second-order valence-corrected chi connectivity index (χ2v) is 3.95. The largest absolute Gasteiger partial charge is 0.393 e. The van der Waals surface area contributed by atoms with Crippen molar-refractivity contribution in [2.24, 2.45) is 11.7 Å². The minimum absolute atomic E-state index is 0.00185. The molecule has 4 nitrogen and oxygen atoms in total. The molecule has 1 fully saturated rings. The van der Waals surface area contributed by atoms with Gasteiger partial charge in [-0.25, -0.2) is 0 Å². The van der Waals surface area contributed by atoms with Gasteiger partial charge in [0.25, 0.3) is 0 Å². The third-order valence-electron chi connectivity index (χ3n) is 2.88. The second kappa shape index (κ2) is 5.32. The van der Waals surface area contributed by atoms with E-state index in [1.54, 1.807) is 4.90 Å². The van der Waals surface area contributed by atoms with E-state index >= 15 is 0 Å². The Morgan fingerprint density at radius 1 is 1.64 bits per heavy atom. The molecule has 0 unspecified atom stereocenters. The summed E-state index contributed by atoms with van der Waals surface area (Å²) in [6, 6.07) is 0. The molecule has 2 atom stereocenters. The number of carbonyl (C=O) groups excluding carboxylic acids is 1. The average Bonchev–Trinajstić information content (AvgIpc) is 2.20. The number of hydrogen-bond acceptors (Lipinski definition) is 3. The standard InChI is InChI=1S/C10H20N2O2/c1-2-3-8-7-12(10(14)6-11)5-4-9(8)13/h8-9,13H,2-7,11H2,1H3/t8-,9+/m1/s1. The van der Waals surface area contributed by atoms with Crippen LogP contribution < -0.4 is 5.73 Å². The Morgan fingerprint density at radius 3 is 2.93 bits per heavy atom. The zero-order valence-electron chi connectivity index (χ0n) is 8.78. The Bertz CT molecular complexity index is 197. The lowest BCUT2D eigenvalue weighted by Gasteiger charge is -2.36. The number of hydrogen-bond donors (Lipinski definition) is 2. The summed E-state index contributed by atoms with van der Waals surface area (Å²) in [5, 5.41) is 9.70. The Morgan fingerprint density at radius 2 is 2.36 bits per heavy atom. The summed E-state index contributed by atoms with van der Waals surface area (Å²) < 4.78 is 0. The van der Waals surface area contributed by atoms with Crippen LogP contribution in [0.4, 0.5) is 0 Å². The van der Waals surface area contributed by atoms with Gasteiger partial charge in [-0.1, -0.05) is 13.3 Å². The van der Waals surface area contributed by atoms with Gasteiger partial charge in [0.15, 0.2) is 0 Å². The first kappa shape index (κ1) is 11.5. The third-order valence-corrected chi connectivity index (χ3v) is 2.88. The summed E-state index contributed by atoms with van der Waals surface area (Å²) >= 11 is 0. The molecule has 1 heterocycles. The maximum atomic E-state index is 11.3. The molecule has 0 aromatic carbocycles. The highest BCUT2D eigenvalue weighted by Gasteiger charge is 2.28. The normalized spacial score (nSPS) is 27.8. The Labute approximate surface area is 85.1 Å². The fraction of sp³-hybridized carbons (Fsp3) is 0.900. The molecule has 82 valence electrons. The van der Waals surface area contributed by atoms with Crippen LogP contribution in [0.5, 0.6) is 0 Å². The molecule has 0 radical (unpaired) electrons. The first-order chi connectivity index (χ1) is 6.69. The van der Waals surface area contributed by atoms with Crippen LogP contribution in [-0.2, 0) is 4.79 Å². The second-order valence-electron chi connectivity index (χ2n) is 3.95. The fourth-order valence-electron chi connectivity index (χ4n) is 2.03. The van der Waals surface area contributed by atoms with Crippen LogP contribution in [-0.4, -0.2) is 41.7 Å². The molecule has 0 bridgehead atoms. The van der Waals surface area contributed by atoms with Crippen molar-refractivity contribution in [1.82, 2.24) is 4.90 Å². The highest BCUT2D eigenvalue weighted by atomic mass is 16.3. The van der Waals surface area contributed by atoms with Crippen LogP contribution in [0.2, 0.25) is 0 Å². The van der Waals surface area contributed by atoms with Crippen LogP contribution in [0.3, 0.4) is 0 Å². The van der Waals surface area contributed by atoms with Crippen molar-refractivity contribution in [2.75, 3.05) is 19.6 Å². The highest BCUT2D eigenvalue weighted by Crippen LogP contribution is 2.21. The number of nitrogens with zero attached hydrogens (tertiary/aromatic N) is 1. The van der Waals surface area contributed by atoms with Gasteiger partial charge in [0.05, 0.1) is 12.6 Å². The van der Waals surface area contributed by atoms with E-state index in [9.17, 15) is 9.90 Å². The molecule has 0 aromatic heterocycles. The summed E-state index contributed by atoms with van der Waals surface area (Å²) in [5.74, 6) is 0.238. The van der Waals surface area contributed by atoms with Crippen LogP contribution in [0.1, 0.15) is 26.2 Å².